The first-order valence-electron chi connectivity index (χ1n) is 11.4. The Kier molecular flexibility index (Phi) is 9.22. The third-order valence-corrected chi connectivity index (χ3v) is 6.75. The van der Waals surface area contributed by atoms with Crippen molar-refractivity contribution in [2.24, 2.45) is 0 Å². The molecule has 0 saturated carbocycles. The van der Waals surface area contributed by atoms with E-state index in [-0.39, 0.29) is 19.0 Å². The van der Waals surface area contributed by atoms with E-state index in [9.17, 15) is 14.0 Å². The van der Waals surface area contributed by atoms with Gasteiger partial charge in [0.25, 0.3) is 0 Å². The molecule has 4 rings (SSSR count). The van der Waals surface area contributed by atoms with Gasteiger partial charge < -0.3 is 15.4 Å². The van der Waals surface area contributed by atoms with Gasteiger partial charge in [-0.3, -0.25) is 4.57 Å². The lowest BCUT2D eigenvalue weighted by molar-refractivity contribution is 0.0526. The van der Waals surface area contributed by atoms with Crippen LogP contribution in [0.3, 0.4) is 0 Å². The number of ether oxygens (including phenoxy) is 1. The highest BCUT2D eigenvalue weighted by atomic mass is 35.5. The zero-order chi connectivity index (χ0) is 27.1. The summed E-state index contributed by atoms with van der Waals surface area (Å²) in [5.41, 5.74) is 2.33. The smallest absolute Gasteiger partial charge is 0.338 e. The Morgan fingerprint density at radius 3 is 2.47 bits per heavy atom. The molecule has 12 heteroatoms. The third kappa shape index (κ3) is 7.03. The number of nitrogens with one attached hydrogen (secondary N) is 2. The van der Waals surface area contributed by atoms with Crippen LogP contribution in [-0.2, 0) is 17.0 Å². The molecule has 196 valence electrons. The Hall–Kier alpha value is -3.60. The topological polar surface area (TPSA) is 98.1 Å². The molecule has 8 nitrogen and oxygen atoms in total. The van der Waals surface area contributed by atoms with E-state index in [0.29, 0.717) is 43.7 Å². The maximum Gasteiger partial charge on any atom is 0.338 e. The second-order valence-electron chi connectivity index (χ2n) is 7.85. The Bertz CT molecular complexity index is 1430. The second-order valence-corrected chi connectivity index (χ2v) is 9.64. The Morgan fingerprint density at radius 2 is 1.76 bits per heavy atom. The van der Waals surface area contributed by atoms with E-state index in [2.05, 4.69) is 20.8 Å². The molecule has 0 bridgehead atoms. The average Bonchev–Trinajstić information content (AvgIpc) is 3.31. The van der Waals surface area contributed by atoms with Crippen LogP contribution in [0.1, 0.15) is 28.7 Å². The van der Waals surface area contributed by atoms with Crippen LogP contribution in [0.15, 0.2) is 71.9 Å². The molecule has 0 fully saturated rings. The molecule has 0 aliphatic carbocycles. The quantitative estimate of drug-likeness (QED) is 0.175. The lowest BCUT2D eigenvalue weighted by Gasteiger charge is -2.13. The first-order valence-corrected chi connectivity index (χ1v) is 13.2. The Labute approximate surface area is 232 Å². The maximum absolute atomic E-state index is 13.3. The van der Waals surface area contributed by atoms with Crippen LogP contribution in [-0.4, -0.2) is 33.4 Å². The molecule has 0 radical (unpaired) electrons. The van der Waals surface area contributed by atoms with Crippen LogP contribution >= 0.6 is 35.0 Å². The zero-order valence-corrected chi connectivity index (χ0v) is 22.4. The van der Waals surface area contributed by atoms with E-state index in [1.165, 1.54) is 23.9 Å². The monoisotopic (exact) mass is 573 g/mol. The van der Waals surface area contributed by atoms with Crippen LogP contribution in [0.25, 0.3) is 5.69 Å². The molecule has 0 saturated heterocycles. The molecule has 4 aromatic rings. The summed E-state index contributed by atoms with van der Waals surface area (Å²) in [6.07, 6.45) is 0. The molecule has 0 unspecified atom stereocenters. The number of hydrogen-bond donors (Lipinski definition) is 2. The lowest BCUT2D eigenvalue weighted by atomic mass is 10.2. The molecule has 38 heavy (non-hydrogen) atoms. The van der Waals surface area contributed by atoms with Gasteiger partial charge in [0, 0.05) is 16.5 Å². The summed E-state index contributed by atoms with van der Waals surface area (Å²) in [5, 5.41) is 15.4. The van der Waals surface area contributed by atoms with E-state index < -0.39 is 12.0 Å². The standard InChI is InChI=1S/C26H22Cl2FN5O3S/c1-2-37-24(35)17-5-10-20(11-6-17)31-25(36)30-14-23-32-33-26(38-15-16-3-8-19(29)9-4-16)34(23)22-13-18(27)7-12-21(22)28/h3-13H,2,14-15H2,1H3,(H2,30,31,36). The van der Waals surface area contributed by atoms with E-state index in [1.54, 1.807) is 66.1 Å². The number of aromatic nitrogens is 3. The van der Waals surface area contributed by atoms with Gasteiger partial charge in [0.05, 0.1) is 29.4 Å². The highest BCUT2D eigenvalue weighted by Crippen LogP contribution is 2.31. The summed E-state index contributed by atoms with van der Waals surface area (Å²) in [4.78, 5) is 24.4. The van der Waals surface area contributed by atoms with Crippen molar-refractivity contribution in [3.05, 3.63) is 99.5 Å². The summed E-state index contributed by atoms with van der Waals surface area (Å²) in [6, 6.07) is 17.0. The van der Waals surface area contributed by atoms with Gasteiger partial charge in [-0.2, -0.15) is 0 Å². The fraction of sp³-hybridized carbons (Fsp3) is 0.154. The van der Waals surface area contributed by atoms with Gasteiger partial charge in [0.15, 0.2) is 11.0 Å². The molecular weight excluding hydrogens is 552 g/mol. The van der Waals surface area contributed by atoms with Gasteiger partial charge in [-0.1, -0.05) is 47.1 Å². The van der Waals surface area contributed by atoms with Crippen molar-refractivity contribution >= 4 is 52.7 Å². The second kappa shape index (κ2) is 12.8. The van der Waals surface area contributed by atoms with Crippen molar-refractivity contribution in [3.8, 4) is 5.69 Å². The highest BCUT2D eigenvalue weighted by Gasteiger charge is 2.18. The molecule has 0 atom stereocenters. The Morgan fingerprint density at radius 1 is 1.03 bits per heavy atom. The van der Waals surface area contributed by atoms with Crippen LogP contribution in [0.5, 0.6) is 0 Å². The normalized spacial score (nSPS) is 10.7. The molecular formula is C26H22Cl2FN5O3S. The van der Waals surface area contributed by atoms with E-state index in [0.717, 1.165) is 5.56 Å². The predicted octanol–water partition coefficient (Wildman–Crippen LogP) is 6.50. The van der Waals surface area contributed by atoms with Gasteiger partial charge in [0.1, 0.15) is 5.82 Å². The number of carbonyl (C=O) groups is 2. The minimum absolute atomic E-state index is 0.0275. The molecule has 1 heterocycles. The van der Waals surface area contributed by atoms with Crippen molar-refractivity contribution in [3.63, 3.8) is 0 Å². The molecule has 3 aromatic carbocycles. The number of hydrogen-bond acceptors (Lipinski definition) is 6. The van der Waals surface area contributed by atoms with Gasteiger partial charge in [-0.25, -0.2) is 14.0 Å². The van der Waals surface area contributed by atoms with Crippen molar-refractivity contribution in [2.75, 3.05) is 11.9 Å². The average molecular weight is 574 g/mol. The number of urea groups is 1. The number of rotatable bonds is 9. The zero-order valence-electron chi connectivity index (χ0n) is 20.1. The van der Waals surface area contributed by atoms with Gasteiger partial charge >= 0.3 is 12.0 Å². The molecule has 2 amide bonds. The van der Waals surface area contributed by atoms with E-state index in [1.807, 2.05) is 0 Å². The number of amides is 2. The molecule has 2 N–H and O–H groups in total. The predicted molar refractivity (Wildman–Crippen MR) is 146 cm³/mol. The summed E-state index contributed by atoms with van der Waals surface area (Å²) < 4.78 is 19.9. The van der Waals surface area contributed by atoms with Crippen molar-refractivity contribution < 1.29 is 18.7 Å². The van der Waals surface area contributed by atoms with E-state index in [4.69, 9.17) is 27.9 Å². The fourth-order valence-electron chi connectivity index (χ4n) is 3.37. The Balaban J connectivity index is 1.49. The largest absolute Gasteiger partial charge is 0.462 e. The van der Waals surface area contributed by atoms with E-state index >= 15 is 0 Å². The SMILES string of the molecule is CCOC(=O)c1ccc(NC(=O)NCc2nnc(SCc3ccc(F)cc3)n2-c2cc(Cl)ccc2Cl)cc1. The number of anilines is 1. The first kappa shape index (κ1) is 27.4. The first-order chi connectivity index (χ1) is 18.3. The number of benzene rings is 3. The molecule has 0 aliphatic heterocycles. The number of nitrogens with zero attached hydrogens (tertiary/aromatic N) is 3. The van der Waals surface area contributed by atoms with Gasteiger partial charge in [-0.15, -0.1) is 10.2 Å². The number of halogens is 3. The maximum atomic E-state index is 13.3. The van der Waals surface area contributed by atoms with Crippen molar-refractivity contribution in [2.45, 2.75) is 24.4 Å². The van der Waals surface area contributed by atoms with Gasteiger partial charge in [0.2, 0.25) is 0 Å². The number of thioether (sulfide) groups is 1. The van der Waals surface area contributed by atoms with Crippen molar-refractivity contribution in [1.29, 1.82) is 0 Å². The molecule has 1 aromatic heterocycles. The highest BCUT2D eigenvalue weighted by molar-refractivity contribution is 7.98. The van der Waals surface area contributed by atoms with Crippen LogP contribution < -0.4 is 10.6 Å². The number of carbonyl (C=O) groups excluding carboxylic acids is 2. The van der Waals surface area contributed by atoms with Crippen molar-refractivity contribution in [1.82, 2.24) is 20.1 Å². The summed E-state index contributed by atoms with van der Waals surface area (Å²) in [7, 11) is 0. The van der Waals surface area contributed by atoms with Crippen LogP contribution in [0.2, 0.25) is 10.0 Å². The summed E-state index contributed by atoms with van der Waals surface area (Å²) >= 11 is 14.1. The third-order valence-electron chi connectivity index (χ3n) is 5.19. The summed E-state index contributed by atoms with van der Waals surface area (Å²) in [5.74, 6) is 0.181. The fourth-order valence-corrected chi connectivity index (χ4v) is 4.66. The molecule has 0 spiro atoms. The number of esters is 1. The minimum atomic E-state index is -0.485. The van der Waals surface area contributed by atoms with Gasteiger partial charge in [-0.05, 0) is 67.1 Å². The van der Waals surface area contributed by atoms with Crippen LogP contribution in [0, 0.1) is 5.82 Å². The molecule has 0 aliphatic rings. The lowest BCUT2D eigenvalue weighted by Crippen LogP contribution is -2.29. The van der Waals surface area contributed by atoms with Crippen LogP contribution in [0.4, 0.5) is 14.9 Å². The minimum Gasteiger partial charge on any atom is -0.462 e. The summed E-state index contributed by atoms with van der Waals surface area (Å²) in [6.45, 7) is 2.03.